The molecule has 0 aliphatic carbocycles. The van der Waals surface area contributed by atoms with E-state index < -0.39 is 15.2 Å². The third-order valence-electron chi connectivity index (χ3n) is 1.60. The van der Waals surface area contributed by atoms with Crippen LogP contribution in [0, 0.1) is 0 Å². The van der Waals surface area contributed by atoms with Crippen LogP contribution in [0.15, 0.2) is 9.98 Å². The molecule has 0 aromatic rings. The maximum absolute atomic E-state index is 5.48. The molecule has 6 heteroatoms. The van der Waals surface area contributed by atoms with Gasteiger partial charge < -0.3 is 0 Å². The van der Waals surface area contributed by atoms with E-state index in [1.807, 2.05) is 12.5 Å². The Labute approximate surface area is 110 Å². The average Bonchev–Trinajstić information content (AvgIpc) is 2.68. The minimum absolute atomic E-state index is 0.393. The monoisotopic (exact) mass is 450 g/mol. The molecule has 1 unspecified atom stereocenters. The van der Waals surface area contributed by atoms with Crippen LogP contribution >= 0.6 is 30.6 Å². The fraction of sp³-hybridized carbons (Fsp3) is 0.778. The van der Waals surface area contributed by atoms with Crippen LogP contribution in [0.2, 0.25) is 0 Å². The van der Waals surface area contributed by atoms with Crippen LogP contribution in [0.5, 0.6) is 0 Å². The van der Waals surface area contributed by atoms with E-state index in [2.05, 4.69) is 16.9 Å². The van der Waals surface area contributed by atoms with Crippen LogP contribution in [0.1, 0.15) is 26.2 Å². The number of hydrogen-bond donors (Lipinski definition) is 0. The fourth-order valence-corrected chi connectivity index (χ4v) is 5.95. The Balaban J connectivity index is 0.000000288. The standard InChI is InChI=1S/C7H12N2.C2H5S.2ClH.Pt/c1-2-3-4-7-5-8-6-9-7;1-3-2;;;/h5-7H,2-4H2,1H3;1H2,2H3;2*1H;/q;;;;+2/p-2. The average molecular weight is 451 g/mol. The Morgan fingerprint density at radius 1 is 1.47 bits per heavy atom. The van der Waals surface area contributed by atoms with Crippen LogP contribution in [0.25, 0.3) is 0 Å². The molecule has 0 N–H and O–H groups in total. The molecule has 0 aromatic heterocycles. The molecule has 0 spiro atoms. The summed E-state index contributed by atoms with van der Waals surface area (Å²) in [6, 6.07) is 0.393. The Morgan fingerprint density at radius 2 is 2.20 bits per heavy atom. The van der Waals surface area contributed by atoms with Gasteiger partial charge in [-0.2, -0.15) is 0 Å². The Kier molecular flexibility index (Phi) is 12.2. The van der Waals surface area contributed by atoms with Crippen molar-refractivity contribution in [3.63, 3.8) is 0 Å². The van der Waals surface area contributed by atoms with Gasteiger partial charge in [0.05, 0.1) is 6.04 Å². The van der Waals surface area contributed by atoms with Gasteiger partial charge in [0, 0.05) is 6.21 Å². The van der Waals surface area contributed by atoms with Gasteiger partial charge in [-0.1, -0.05) is 19.8 Å². The van der Waals surface area contributed by atoms with Crippen LogP contribution < -0.4 is 0 Å². The van der Waals surface area contributed by atoms with E-state index in [4.69, 9.17) is 18.8 Å². The molecule has 0 saturated carbocycles. The Bertz CT molecular complexity index is 189. The van der Waals surface area contributed by atoms with Gasteiger partial charge in [0.1, 0.15) is 6.34 Å². The molecule has 1 heterocycles. The summed E-state index contributed by atoms with van der Waals surface area (Å²) in [6.07, 6.45) is 9.23. The van der Waals surface area contributed by atoms with Crippen LogP contribution in [0.4, 0.5) is 0 Å². The van der Waals surface area contributed by atoms with Gasteiger partial charge >= 0.3 is 56.2 Å². The van der Waals surface area contributed by atoms with Crippen molar-refractivity contribution in [3.8, 4) is 0 Å². The quantitative estimate of drug-likeness (QED) is 0.623. The van der Waals surface area contributed by atoms with Crippen molar-refractivity contribution in [1.82, 2.24) is 0 Å². The summed E-state index contributed by atoms with van der Waals surface area (Å²) in [6.45, 7) is 2.19. The van der Waals surface area contributed by atoms with Gasteiger partial charge in [-0.25, -0.2) is 4.99 Å². The molecule has 15 heavy (non-hydrogen) atoms. The van der Waals surface area contributed by atoms with Crippen molar-refractivity contribution >= 4 is 43.2 Å². The minimum atomic E-state index is -1.41. The summed E-state index contributed by atoms with van der Waals surface area (Å²) in [5.41, 5.74) is 0. The molecule has 1 atom stereocenters. The summed E-state index contributed by atoms with van der Waals surface area (Å²) in [4.78, 5) is 8.03. The zero-order valence-electron chi connectivity index (χ0n) is 8.94. The number of rotatable bonds is 5. The molecule has 0 saturated heterocycles. The zero-order valence-corrected chi connectivity index (χ0v) is 13.5. The zero-order chi connectivity index (χ0) is 11.5. The Hall–Kier alpha value is 0.958. The summed E-state index contributed by atoms with van der Waals surface area (Å²) >= 11 is 0.310. The van der Waals surface area contributed by atoms with Crippen molar-refractivity contribution in [2.24, 2.45) is 9.98 Å². The van der Waals surface area contributed by atoms with Crippen molar-refractivity contribution in [1.29, 1.82) is 0 Å². The van der Waals surface area contributed by atoms with Crippen LogP contribution in [0.3, 0.4) is 0 Å². The first-order chi connectivity index (χ1) is 7.20. The molecule has 0 fully saturated rings. The molecule has 0 bridgehead atoms. The van der Waals surface area contributed by atoms with Gasteiger partial charge in [0.25, 0.3) is 0 Å². The predicted molar refractivity (Wildman–Crippen MR) is 70.4 cm³/mol. The molecule has 2 nitrogen and oxygen atoms in total. The third-order valence-corrected chi connectivity index (χ3v) is 8.76. The number of aliphatic imine (C=N–C) groups is 2. The van der Waals surface area contributed by atoms with Crippen LogP contribution in [-0.4, -0.2) is 29.0 Å². The predicted octanol–water partition coefficient (Wildman–Crippen LogP) is 3.89. The molecule has 1 aliphatic rings. The SMILES string of the molecule is CCCCC1C=NC=N1.CS[CH2][Pt]([Cl])[Cl]. The second kappa shape index (κ2) is 11.4. The van der Waals surface area contributed by atoms with Gasteiger partial charge in [-0.3, -0.25) is 4.99 Å². The van der Waals surface area contributed by atoms with E-state index in [1.54, 1.807) is 18.1 Å². The third kappa shape index (κ3) is 11.2. The Morgan fingerprint density at radius 3 is 2.53 bits per heavy atom. The second-order valence-corrected chi connectivity index (χ2v) is 12.9. The number of nitrogens with zero attached hydrogens (tertiary/aromatic N) is 2. The molecular weight excluding hydrogens is 434 g/mol. The molecular formula is C9H17Cl2N2PtS. The first kappa shape index (κ1) is 16.0. The molecule has 1 rings (SSSR count). The van der Waals surface area contributed by atoms with Crippen molar-refractivity contribution in [2.75, 3.05) is 10.4 Å². The molecule has 0 aromatic carbocycles. The van der Waals surface area contributed by atoms with Crippen molar-refractivity contribution < 1.29 is 15.2 Å². The summed E-state index contributed by atoms with van der Waals surface area (Å²) < 4.78 is 0.980. The first-order valence-corrected chi connectivity index (χ1v) is 13.3. The first-order valence-electron chi connectivity index (χ1n) is 4.64. The van der Waals surface area contributed by atoms with E-state index >= 15 is 0 Å². The molecule has 0 amide bonds. The maximum atomic E-state index is 5.48. The number of halogens is 2. The molecule has 1 aliphatic heterocycles. The van der Waals surface area contributed by atoms with Gasteiger partial charge in [-0.05, 0) is 6.42 Å². The fourth-order valence-electron chi connectivity index (χ4n) is 0.932. The van der Waals surface area contributed by atoms with Crippen molar-refractivity contribution in [3.05, 3.63) is 0 Å². The molecule has 0 radical (unpaired) electrons. The summed E-state index contributed by atoms with van der Waals surface area (Å²) in [7, 11) is 11.0. The summed E-state index contributed by atoms with van der Waals surface area (Å²) in [5, 5.41) is 0. The van der Waals surface area contributed by atoms with E-state index in [0.717, 1.165) is 10.6 Å². The number of thioether (sulfide) groups is 1. The summed E-state index contributed by atoms with van der Waals surface area (Å²) in [5.74, 6) is 0. The molecule has 93 valence electrons. The van der Waals surface area contributed by atoms with Crippen LogP contribution in [-0.2, 0) is 15.2 Å². The van der Waals surface area contributed by atoms with Crippen molar-refractivity contribution in [2.45, 2.75) is 32.2 Å². The van der Waals surface area contributed by atoms with Gasteiger partial charge in [0.2, 0.25) is 0 Å². The topological polar surface area (TPSA) is 24.7 Å². The number of hydrogen-bond acceptors (Lipinski definition) is 3. The van der Waals surface area contributed by atoms with Gasteiger partial charge in [-0.15, -0.1) is 0 Å². The van der Waals surface area contributed by atoms with E-state index in [-0.39, 0.29) is 0 Å². The van der Waals surface area contributed by atoms with E-state index in [0.29, 0.717) is 6.04 Å². The van der Waals surface area contributed by atoms with E-state index in [1.165, 1.54) is 12.8 Å². The second-order valence-electron chi connectivity index (χ2n) is 2.87. The normalized spacial score (nSPS) is 18.7. The number of unbranched alkanes of at least 4 members (excludes halogenated alkanes) is 1. The van der Waals surface area contributed by atoms with E-state index in [9.17, 15) is 0 Å². The van der Waals surface area contributed by atoms with Gasteiger partial charge in [0.15, 0.2) is 0 Å².